The first kappa shape index (κ1) is 22.8. The second-order valence-corrected chi connectivity index (χ2v) is 10.5. The largest absolute Gasteiger partial charge is 0.507 e. The Morgan fingerprint density at radius 2 is 0.647 bits per heavy atom. The molecule has 8 bridgehead atoms. The lowest BCUT2D eigenvalue weighted by molar-refractivity contribution is 0.450. The Hall–Kier alpha value is -2.96. The van der Waals surface area contributed by atoms with Gasteiger partial charge in [-0.2, -0.15) is 0 Å². The lowest BCUT2D eigenvalue weighted by atomic mass is 9.91. The molecule has 0 atom stereocenters. The third-order valence-electron chi connectivity index (χ3n) is 6.40. The molecule has 0 heterocycles. The highest BCUT2D eigenvalue weighted by molar-refractivity contribution is 9.10. The summed E-state index contributed by atoms with van der Waals surface area (Å²) < 4.78 is 1.61. The normalized spacial score (nSPS) is 13.0. The predicted molar refractivity (Wildman–Crippen MR) is 139 cm³/mol. The number of fused-ring (bicyclic) bond motifs is 8. The van der Waals surface area contributed by atoms with Crippen LogP contribution in [0.3, 0.4) is 0 Å². The second kappa shape index (κ2) is 9.01. The number of phenolic OH excluding ortho intramolecular Hbond substituents is 4. The van der Waals surface area contributed by atoms with Crippen molar-refractivity contribution in [1.82, 2.24) is 0 Å². The molecular formula is C28H22Br2O4. The topological polar surface area (TPSA) is 80.9 Å². The van der Waals surface area contributed by atoms with Gasteiger partial charge in [-0.25, -0.2) is 0 Å². The molecule has 6 heteroatoms. The van der Waals surface area contributed by atoms with Gasteiger partial charge in [-0.3, -0.25) is 0 Å². The van der Waals surface area contributed by atoms with Crippen LogP contribution >= 0.6 is 31.9 Å². The highest BCUT2D eigenvalue weighted by Gasteiger charge is 2.19. The summed E-state index contributed by atoms with van der Waals surface area (Å²) in [6, 6.07) is 18.5. The third kappa shape index (κ3) is 4.28. The van der Waals surface area contributed by atoms with Crippen LogP contribution in [0.4, 0.5) is 0 Å². The number of hydrogen-bond donors (Lipinski definition) is 4. The van der Waals surface area contributed by atoms with Crippen molar-refractivity contribution in [1.29, 1.82) is 0 Å². The van der Waals surface area contributed by atoms with Gasteiger partial charge in [0, 0.05) is 34.6 Å². The van der Waals surface area contributed by atoms with Crippen molar-refractivity contribution in [3.8, 4) is 23.0 Å². The Bertz CT molecular complexity index is 1320. The van der Waals surface area contributed by atoms with Crippen LogP contribution in [0.15, 0.2) is 69.6 Å². The summed E-state index contributed by atoms with van der Waals surface area (Å²) in [5.74, 6) is 0.604. The molecule has 0 aliphatic heterocycles. The predicted octanol–water partition coefficient (Wildman–Crippen LogP) is 6.71. The Labute approximate surface area is 214 Å². The van der Waals surface area contributed by atoms with Crippen molar-refractivity contribution in [2.45, 2.75) is 25.7 Å². The van der Waals surface area contributed by atoms with E-state index in [2.05, 4.69) is 31.9 Å². The van der Waals surface area contributed by atoms with Crippen LogP contribution < -0.4 is 0 Å². The molecule has 34 heavy (non-hydrogen) atoms. The molecular weight excluding hydrogens is 560 g/mol. The van der Waals surface area contributed by atoms with Gasteiger partial charge in [-0.15, -0.1) is 0 Å². The lowest BCUT2D eigenvalue weighted by Crippen LogP contribution is -2.01. The van der Waals surface area contributed by atoms with E-state index in [0.717, 1.165) is 8.95 Å². The van der Waals surface area contributed by atoms with Crippen molar-refractivity contribution in [2.75, 3.05) is 0 Å². The molecule has 0 saturated heterocycles. The van der Waals surface area contributed by atoms with Crippen molar-refractivity contribution in [3.05, 3.63) is 114 Å². The van der Waals surface area contributed by atoms with Crippen LogP contribution in [0.1, 0.15) is 44.5 Å². The lowest BCUT2D eigenvalue weighted by Gasteiger charge is -2.17. The summed E-state index contributed by atoms with van der Waals surface area (Å²) in [5, 5.41) is 44.3. The average Bonchev–Trinajstić information content (AvgIpc) is 2.79. The average molecular weight is 582 g/mol. The first-order chi connectivity index (χ1) is 16.3. The van der Waals surface area contributed by atoms with E-state index in [1.165, 1.54) is 0 Å². The zero-order chi connectivity index (χ0) is 24.0. The molecule has 0 aromatic heterocycles. The number of para-hydroxylation sites is 2. The van der Waals surface area contributed by atoms with E-state index >= 15 is 0 Å². The maximum atomic E-state index is 11.1. The van der Waals surface area contributed by atoms with Crippen LogP contribution in [-0.2, 0) is 25.7 Å². The Kier molecular flexibility index (Phi) is 6.04. The van der Waals surface area contributed by atoms with Crippen molar-refractivity contribution < 1.29 is 20.4 Å². The Balaban J connectivity index is 1.75. The maximum Gasteiger partial charge on any atom is 0.122 e. The molecule has 5 rings (SSSR count). The molecule has 0 unspecified atom stereocenters. The number of phenols is 4. The van der Waals surface area contributed by atoms with Gasteiger partial charge >= 0.3 is 0 Å². The first-order valence-electron chi connectivity index (χ1n) is 10.9. The standard InChI is InChI=1S/C28H22Br2O4/c29-23-11-19-8-17-5-1-3-15(25(17)31)7-16-4-2-6-18(26(16)32)9-20-12-24(30)14-22(28(20)34)10-21(13-23)27(19)33/h1-6,11-14,31-34H,7-10H2. The molecule has 1 aliphatic rings. The molecule has 0 amide bonds. The summed E-state index contributed by atoms with van der Waals surface area (Å²) in [6.45, 7) is 0. The highest BCUT2D eigenvalue weighted by atomic mass is 79.9. The van der Waals surface area contributed by atoms with Crippen LogP contribution in [0, 0.1) is 0 Å². The van der Waals surface area contributed by atoms with Gasteiger partial charge in [0.2, 0.25) is 0 Å². The van der Waals surface area contributed by atoms with Gasteiger partial charge < -0.3 is 20.4 Å². The monoisotopic (exact) mass is 580 g/mol. The van der Waals surface area contributed by atoms with Gasteiger partial charge in [0.25, 0.3) is 0 Å². The summed E-state index contributed by atoms with van der Waals surface area (Å²) in [7, 11) is 0. The summed E-state index contributed by atoms with van der Waals surface area (Å²) in [6.07, 6.45) is 1.33. The molecule has 4 N–H and O–H groups in total. The molecule has 0 radical (unpaired) electrons. The summed E-state index contributed by atoms with van der Waals surface area (Å²) in [5.41, 5.74) is 5.43. The molecule has 4 aromatic rings. The highest BCUT2D eigenvalue weighted by Crippen LogP contribution is 2.39. The molecule has 4 aromatic carbocycles. The summed E-state index contributed by atoms with van der Waals surface area (Å²) in [4.78, 5) is 0. The van der Waals surface area contributed by atoms with Crippen molar-refractivity contribution in [3.63, 3.8) is 0 Å². The molecule has 0 fully saturated rings. The fraction of sp³-hybridized carbons (Fsp3) is 0.143. The minimum atomic E-state index is 0.142. The zero-order valence-electron chi connectivity index (χ0n) is 18.1. The number of rotatable bonds is 0. The van der Waals surface area contributed by atoms with E-state index in [1.807, 2.05) is 60.7 Å². The van der Waals surface area contributed by atoms with Crippen molar-refractivity contribution >= 4 is 31.9 Å². The van der Waals surface area contributed by atoms with E-state index in [4.69, 9.17) is 0 Å². The SMILES string of the molecule is Oc1c2cccc1Cc1cc(Br)cc(c1O)Cc1cc(Br)cc(c1O)Cc1cccc(c1O)C2. The molecule has 1 aliphatic carbocycles. The number of aromatic hydroxyl groups is 4. The second-order valence-electron chi connectivity index (χ2n) is 8.70. The van der Waals surface area contributed by atoms with Gasteiger partial charge in [0.05, 0.1) is 0 Å². The molecule has 0 spiro atoms. The number of hydrogen-bond acceptors (Lipinski definition) is 4. The Morgan fingerprint density at radius 1 is 0.412 bits per heavy atom. The van der Waals surface area contributed by atoms with Gasteiger partial charge in [0.1, 0.15) is 23.0 Å². The smallest absolute Gasteiger partial charge is 0.122 e. The van der Waals surface area contributed by atoms with Crippen LogP contribution in [0.5, 0.6) is 23.0 Å². The Morgan fingerprint density at radius 3 is 0.971 bits per heavy atom. The molecule has 172 valence electrons. The van der Waals surface area contributed by atoms with Crippen molar-refractivity contribution in [2.24, 2.45) is 0 Å². The van der Waals surface area contributed by atoms with Crippen LogP contribution in [-0.4, -0.2) is 20.4 Å². The fourth-order valence-corrected chi connectivity index (χ4v) is 5.76. The maximum absolute atomic E-state index is 11.1. The van der Waals surface area contributed by atoms with Crippen LogP contribution in [0.2, 0.25) is 0 Å². The molecule has 0 saturated carbocycles. The molecule has 4 nitrogen and oxygen atoms in total. The zero-order valence-corrected chi connectivity index (χ0v) is 21.3. The first-order valence-corrected chi connectivity index (χ1v) is 12.5. The fourth-order valence-electron chi connectivity index (χ4n) is 4.65. The number of benzene rings is 4. The van der Waals surface area contributed by atoms with E-state index < -0.39 is 0 Å². The third-order valence-corrected chi connectivity index (χ3v) is 7.31. The van der Waals surface area contributed by atoms with E-state index in [1.54, 1.807) is 0 Å². The van der Waals surface area contributed by atoms with E-state index in [-0.39, 0.29) is 23.0 Å². The minimum Gasteiger partial charge on any atom is -0.507 e. The van der Waals surface area contributed by atoms with Crippen LogP contribution in [0.25, 0.3) is 0 Å². The van der Waals surface area contributed by atoms with Gasteiger partial charge in [0.15, 0.2) is 0 Å². The van der Waals surface area contributed by atoms with E-state index in [9.17, 15) is 20.4 Å². The van der Waals surface area contributed by atoms with Gasteiger partial charge in [-0.05, 0) is 68.8 Å². The van der Waals surface area contributed by atoms with Gasteiger partial charge in [-0.1, -0.05) is 68.3 Å². The van der Waals surface area contributed by atoms with E-state index in [0.29, 0.717) is 70.2 Å². The number of halogens is 2. The minimum absolute atomic E-state index is 0.142. The quantitative estimate of drug-likeness (QED) is 0.164. The summed E-state index contributed by atoms with van der Waals surface area (Å²) >= 11 is 7.09.